The highest BCUT2D eigenvalue weighted by molar-refractivity contribution is 6.30. The molecular formula is C15H20ClN3O3. The van der Waals surface area contributed by atoms with Crippen molar-refractivity contribution in [2.24, 2.45) is 0 Å². The molecule has 0 radical (unpaired) electrons. The lowest BCUT2D eigenvalue weighted by Crippen LogP contribution is -2.15. The van der Waals surface area contributed by atoms with Gasteiger partial charge in [0.1, 0.15) is 12.2 Å². The molecule has 0 saturated carbocycles. The summed E-state index contributed by atoms with van der Waals surface area (Å²) < 4.78 is 17.7. The molecule has 120 valence electrons. The van der Waals surface area contributed by atoms with Crippen LogP contribution in [0, 0.1) is 0 Å². The van der Waals surface area contributed by atoms with Crippen molar-refractivity contribution in [2.45, 2.75) is 19.1 Å². The minimum absolute atomic E-state index is 0.215. The van der Waals surface area contributed by atoms with Crippen LogP contribution in [-0.4, -0.2) is 42.7 Å². The van der Waals surface area contributed by atoms with Gasteiger partial charge in [-0.2, -0.15) is 0 Å². The molecule has 0 aliphatic carbocycles. The van der Waals surface area contributed by atoms with Crippen molar-refractivity contribution >= 4 is 11.6 Å². The maximum Gasteiger partial charge on any atom is 0.179 e. The second kappa shape index (κ2) is 7.69. The fraction of sp³-hybridized carbons (Fsp3) is 0.467. The Morgan fingerprint density at radius 1 is 1.14 bits per heavy atom. The highest BCUT2D eigenvalue weighted by Gasteiger charge is 2.23. The average Bonchev–Trinajstić information content (AvgIpc) is 2.97. The number of benzene rings is 1. The molecule has 1 aromatic heterocycles. The number of ether oxygens (including phenoxy) is 3. The third-order valence-corrected chi connectivity index (χ3v) is 3.58. The number of nitrogens with zero attached hydrogens (tertiary/aromatic N) is 3. The minimum atomic E-state index is -0.328. The van der Waals surface area contributed by atoms with Gasteiger partial charge in [-0.1, -0.05) is 11.6 Å². The van der Waals surface area contributed by atoms with E-state index in [1.54, 1.807) is 38.1 Å². The maximum absolute atomic E-state index is 5.95. The van der Waals surface area contributed by atoms with Crippen LogP contribution in [0.5, 0.6) is 0 Å². The molecule has 2 rings (SSSR count). The zero-order valence-corrected chi connectivity index (χ0v) is 13.9. The van der Waals surface area contributed by atoms with Crippen LogP contribution in [-0.2, 0) is 14.2 Å². The molecule has 7 heteroatoms. The Bertz CT molecular complexity index is 601. The zero-order valence-electron chi connectivity index (χ0n) is 13.1. The van der Waals surface area contributed by atoms with Gasteiger partial charge in [0, 0.05) is 26.4 Å². The standard InChI is InChI=1S/C15H20ClN3O3/c1-10(21-3)14-17-15(13(22-4)9-20-2)19(18-14)12-7-5-11(16)6-8-12/h5-8,10,13H,9H2,1-4H3. The lowest BCUT2D eigenvalue weighted by atomic mass is 10.3. The topological polar surface area (TPSA) is 58.4 Å². The summed E-state index contributed by atoms with van der Waals surface area (Å²) in [6.07, 6.45) is -0.543. The Hall–Kier alpha value is -1.47. The van der Waals surface area contributed by atoms with Gasteiger partial charge in [0.25, 0.3) is 0 Å². The highest BCUT2D eigenvalue weighted by atomic mass is 35.5. The smallest absolute Gasteiger partial charge is 0.179 e. The van der Waals surface area contributed by atoms with Crippen molar-refractivity contribution in [3.8, 4) is 5.69 Å². The number of hydrogen-bond acceptors (Lipinski definition) is 5. The van der Waals surface area contributed by atoms with Gasteiger partial charge in [0.05, 0.1) is 12.3 Å². The molecule has 6 nitrogen and oxygen atoms in total. The highest BCUT2D eigenvalue weighted by Crippen LogP contribution is 2.23. The number of halogens is 1. The quantitative estimate of drug-likeness (QED) is 0.783. The van der Waals surface area contributed by atoms with E-state index < -0.39 is 0 Å². The summed E-state index contributed by atoms with van der Waals surface area (Å²) in [7, 11) is 4.86. The summed E-state index contributed by atoms with van der Waals surface area (Å²) in [6.45, 7) is 2.27. The van der Waals surface area contributed by atoms with E-state index >= 15 is 0 Å². The largest absolute Gasteiger partial charge is 0.381 e. The molecule has 2 atom stereocenters. The lowest BCUT2D eigenvalue weighted by Gasteiger charge is -2.14. The fourth-order valence-electron chi connectivity index (χ4n) is 2.00. The van der Waals surface area contributed by atoms with Crippen molar-refractivity contribution in [2.75, 3.05) is 27.9 Å². The Labute approximate surface area is 135 Å². The van der Waals surface area contributed by atoms with E-state index in [2.05, 4.69) is 10.1 Å². The molecule has 0 bridgehead atoms. The molecule has 2 unspecified atom stereocenters. The Kier molecular flexibility index (Phi) is 5.90. The van der Waals surface area contributed by atoms with E-state index in [1.165, 1.54) is 0 Å². The monoisotopic (exact) mass is 325 g/mol. The van der Waals surface area contributed by atoms with Crippen LogP contribution < -0.4 is 0 Å². The van der Waals surface area contributed by atoms with Gasteiger partial charge >= 0.3 is 0 Å². The van der Waals surface area contributed by atoms with Gasteiger partial charge in [-0.25, -0.2) is 9.67 Å². The third-order valence-electron chi connectivity index (χ3n) is 3.33. The molecule has 0 aliphatic rings. The summed E-state index contributed by atoms with van der Waals surface area (Å²) in [5.41, 5.74) is 0.847. The summed E-state index contributed by atoms with van der Waals surface area (Å²) >= 11 is 5.95. The molecule has 2 aromatic rings. The SMILES string of the molecule is COCC(OC)c1nc(C(C)OC)nn1-c1ccc(Cl)cc1. The van der Waals surface area contributed by atoms with Crippen molar-refractivity contribution < 1.29 is 14.2 Å². The van der Waals surface area contributed by atoms with Gasteiger partial charge in [-0.05, 0) is 31.2 Å². The number of rotatable bonds is 7. The predicted molar refractivity (Wildman–Crippen MR) is 83.4 cm³/mol. The summed E-state index contributed by atoms with van der Waals surface area (Å²) in [5.74, 6) is 1.25. The van der Waals surface area contributed by atoms with E-state index in [0.717, 1.165) is 5.69 Å². The van der Waals surface area contributed by atoms with Crippen LogP contribution >= 0.6 is 11.6 Å². The van der Waals surface area contributed by atoms with Gasteiger partial charge in [0.15, 0.2) is 11.6 Å². The number of aromatic nitrogens is 3. The first-order valence-corrected chi connectivity index (χ1v) is 7.25. The lowest BCUT2D eigenvalue weighted by molar-refractivity contribution is 0.0207. The van der Waals surface area contributed by atoms with Crippen LogP contribution in [0.15, 0.2) is 24.3 Å². The van der Waals surface area contributed by atoms with E-state index in [9.17, 15) is 0 Å². The molecule has 1 aromatic carbocycles. The first-order valence-electron chi connectivity index (χ1n) is 6.88. The normalized spacial score (nSPS) is 14.0. The maximum atomic E-state index is 5.95. The Morgan fingerprint density at radius 3 is 2.36 bits per heavy atom. The van der Waals surface area contributed by atoms with Gasteiger partial charge in [-0.3, -0.25) is 0 Å². The van der Waals surface area contributed by atoms with Crippen LogP contribution in [0.3, 0.4) is 0 Å². The van der Waals surface area contributed by atoms with Gasteiger partial charge < -0.3 is 14.2 Å². The molecule has 0 saturated heterocycles. The van der Waals surface area contributed by atoms with Crippen LogP contribution in [0.1, 0.15) is 30.8 Å². The molecule has 0 N–H and O–H groups in total. The Balaban J connectivity index is 2.49. The average molecular weight is 326 g/mol. The van der Waals surface area contributed by atoms with Gasteiger partial charge in [-0.15, -0.1) is 5.10 Å². The fourth-order valence-corrected chi connectivity index (χ4v) is 2.12. The molecule has 0 spiro atoms. The summed E-state index contributed by atoms with van der Waals surface area (Å²) in [4.78, 5) is 4.56. The van der Waals surface area contributed by atoms with Crippen LogP contribution in [0.25, 0.3) is 5.69 Å². The summed E-state index contributed by atoms with van der Waals surface area (Å²) in [6, 6.07) is 7.36. The van der Waals surface area contributed by atoms with Crippen LogP contribution in [0.4, 0.5) is 0 Å². The van der Waals surface area contributed by atoms with Crippen molar-refractivity contribution in [3.63, 3.8) is 0 Å². The van der Waals surface area contributed by atoms with Crippen molar-refractivity contribution in [1.82, 2.24) is 14.8 Å². The molecular weight excluding hydrogens is 306 g/mol. The number of hydrogen-bond donors (Lipinski definition) is 0. The number of methoxy groups -OCH3 is 3. The second-order valence-corrected chi connectivity index (χ2v) is 5.21. The first-order chi connectivity index (χ1) is 10.6. The minimum Gasteiger partial charge on any atom is -0.381 e. The van der Waals surface area contributed by atoms with Crippen LogP contribution in [0.2, 0.25) is 5.02 Å². The first kappa shape index (κ1) is 16.9. The molecule has 1 heterocycles. The summed E-state index contributed by atoms with van der Waals surface area (Å²) in [5, 5.41) is 5.20. The van der Waals surface area contributed by atoms with E-state index in [-0.39, 0.29) is 12.2 Å². The molecule has 22 heavy (non-hydrogen) atoms. The van der Waals surface area contributed by atoms with E-state index in [4.69, 9.17) is 25.8 Å². The third kappa shape index (κ3) is 3.64. The van der Waals surface area contributed by atoms with E-state index in [0.29, 0.717) is 23.3 Å². The Morgan fingerprint density at radius 2 is 1.82 bits per heavy atom. The zero-order chi connectivity index (χ0) is 16.1. The predicted octanol–water partition coefficient (Wildman–Crippen LogP) is 2.96. The van der Waals surface area contributed by atoms with Gasteiger partial charge in [0.2, 0.25) is 0 Å². The van der Waals surface area contributed by atoms with E-state index in [1.807, 2.05) is 19.1 Å². The second-order valence-electron chi connectivity index (χ2n) is 4.77. The molecule has 0 fully saturated rings. The molecule has 0 aliphatic heterocycles. The van der Waals surface area contributed by atoms with Crippen molar-refractivity contribution in [3.05, 3.63) is 40.9 Å². The van der Waals surface area contributed by atoms with Crippen molar-refractivity contribution in [1.29, 1.82) is 0 Å². The molecule has 0 amide bonds.